The summed E-state index contributed by atoms with van der Waals surface area (Å²) >= 11 is 0. The van der Waals surface area contributed by atoms with Crippen LogP contribution >= 0.6 is 0 Å². The molecule has 198 valence electrons. The first-order valence-electron chi connectivity index (χ1n) is 11.2. The molecule has 0 spiro atoms. The number of hydrogen-bond donors (Lipinski definition) is 1. The van der Waals surface area contributed by atoms with E-state index in [0.29, 0.717) is 6.42 Å². The largest absolute Gasteiger partial charge is 0.494 e. The van der Waals surface area contributed by atoms with Gasteiger partial charge in [-0.15, -0.1) is 0 Å². The summed E-state index contributed by atoms with van der Waals surface area (Å²) in [5, 5.41) is 11.5. The van der Waals surface area contributed by atoms with Crippen molar-refractivity contribution in [2.45, 2.75) is 50.0 Å². The van der Waals surface area contributed by atoms with Crippen molar-refractivity contribution in [2.24, 2.45) is 0 Å². The highest BCUT2D eigenvalue weighted by Gasteiger charge is 2.59. The maximum atomic E-state index is 14.5. The number of rotatable bonds is 9. The molecule has 2 aromatic rings. The molecule has 3 rings (SSSR count). The lowest BCUT2D eigenvalue weighted by atomic mass is 9.77. The second-order valence-electron chi connectivity index (χ2n) is 8.39. The monoisotopic (exact) mass is 527 g/mol. The summed E-state index contributed by atoms with van der Waals surface area (Å²) in [5.41, 5.74) is -3.49. The van der Waals surface area contributed by atoms with Gasteiger partial charge in [-0.3, -0.25) is 4.79 Å². The number of nitrogens with zero attached hydrogens (tertiary/aromatic N) is 2. The van der Waals surface area contributed by atoms with E-state index in [1.165, 1.54) is 37.6 Å². The molecule has 0 fully saturated rings. The molecule has 0 aliphatic carbocycles. The molecule has 0 saturated carbocycles. The Balaban J connectivity index is 1.82. The fraction of sp³-hybridized carbons (Fsp3) is 0.400. The quantitative estimate of drug-likeness (QED) is 0.327. The highest BCUT2D eigenvalue weighted by molar-refractivity contribution is 6.07. The van der Waals surface area contributed by atoms with Gasteiger partial charge in [0.2, 0.25) is 5.88 Å². The zero-order valence-corrected chi connectivity index (χ0v) is 19.7. The zero-order valence-electron chi connectivity index (χ0n) is 19.7. The number of unbranched alkanes of at least 4 members (excludes halogenated alkanes) is 2. The standard InChI is InChI=1S/C25H23F6N3O3/c1-36-21-10-5-16(15-33-21)19-13-23(25(29,30)31,34-22(35)20(19)14-32)17-6-8-18(9-7-17)37-12-4-2-3-11-24(26,27)28/h5-10,15H,2-4,11-13H2,1H3,(H,34,35). The van der Waals surface area contributed by atoms with Crippen LogP contribution in [0.2, 0.25) is 0 Å². The predicted octanol–water partition coefficient (Wildman–Crippen LogP) is 5.85. The van der Waals surface area contributed by atoms with Gasteiger partial charge in [-0.2, -0.15) is 31.6 Å². The maximum Gasteiger partial charge on any atom is 0.416 e. The van der Waals surface area contributed by atoms with Crippen LogP contribution < -0.4 is 14.8 Å². The van der Waals surface area contributed by atoms with Crippen molar-refractivity contribution >= 4 is 11.5 Å². The number of hydrogen-bond acceptors (Lipinski definition) is 5. The summed E-state index contributed by atoms with van der Waals surface area (Å²) in [6, 6.07) is 9.43. The number of alkyl halides is 6. The third kappa shape index (κ3) is 6.53. The molecule has 1 aromatic carbocycles. The fourth-order valence-electron chi connectivity index (χ4n) is 3.97. The topological polar surface area (TPSA) is 84.2 Å². The molecular formula is C25H23F6N3O3. The lowest BCUT2D eigenvalue weighted by Gasteiger charge is -2.40. The van der Waals surface area contributed by atoms with Crippen LogP contribution in [0.1, 0.15) is 43.2 Å². The molecule has 6 nitrogen and oxygen atoms in total. The number of benzene rings is 1. The van der Waals surface area contributed by atoms with Crippen LogP contribution in [0.25, 0.3) is 5.57 Å². The van der Waals surface area contributed by atoms with Gasteiger partial charge < -0.3 is 14.8 Å². The van der Waals surface area contributed by atoms with Crippen LogP contribution in [0.3, 0.4) is 0 Å². The zero-order chi connectivity index (χ0) is 27.3. The van der Waals surface area contributed by atoms with E-state index in [-0.39, 0.29) is 47.8 Å². The lowest BCUT2D eigenvalue weighted by molar-refractivity contribution is -0.201. The number of aromatic nitrogens is 1. The molecule has 1 N–H and O–H groups in total. The van der Waals surface area contributed by atoms with Gasteiger partial charge in [0.1, 0.15) is 17.4 Å². The smallest absolute Gasteiger partial charge is 0.416 e. The van der Waals surface area contributed by atoms with Crippen molar-refractivity contribution in [3.05, 3.63) is 59.3 Å². The number of methoxy groups -OCH3 is 1. The van der Waals surface area contributed by atoms with Crippen molar-refractivity contribution in [3.63, 3.8) is 0 Å². The Kier molecular flexibility index (Phi) is 8.35. The second-order valence-corrected chi connectivity index (χ2v) is 8.39. The number of pyridine rings is 1. The van der Waals surface area contributed by atoms with Crippen molar-refractivity contribution in [3.8, 4) is 17.7 Å². The number of halogens is 6. The van der Waals surface area contributed by atoms with E-state index in [0.717, 1.165) is 12.1 Å². The first-order valence-corrected chi connectivity index (χ1v) is 11.2. The fourth-order valence-corrected chi connectivity index (χ4v) is 3.97. The highest BCUT2D eigenvalue weighted by Crippen LogP contribution is 2.48. The van der Waals surface area contributed by atoms with Crippen LogP contribution in [0.4, 0.5) is 26.3 Å². The molecule has 0 saturated heterocycles. The minimum Gasteiger partial charge on any atom is -0.494 e. The van der Waals surface area contributed by atoms with E-state index in [1.54, 1.807) is 6.07 Å². The first kappa shape index (κ1) is 27.8. The van der Waals surface area contributed by atoms with Gasteiger partial charge in [0.15, 0.2) is 5.54 Å². The highest BCUT2D eigenvalue weighted by atomic mass is 19.4. The van der Waals surface area contributed by atoms with Crippen molar-refractivity contribution in [2.75, 3.05) is 13.7 Å². The van der Waals surface area contributed by atoms with E-state index in [2.05, 4.69) is 4.98 Å². The molecule has 1 unspecified atom stereocenters. The van der Waals surface area contributed by atoms with E-state index in [1.807, 2.05) is 5.32 Å². The Labute approximate surface area is 208 Å². The molecule has 1 aliphatic rings. The Morgan fingerprint density at radius 2 is 1.76 bits per heavy atom. The number of amides is 1. The average molecular weight is 527 g/mol. The van der Waals surface area contributed by atoms with Crippen LogP contribution in [-0.2, 0) is 10.3 Å². The molecular weight excluding hydrogens is 504 g/mol. The molecule has 1 aromatic heterocycles. The molecule has 0 radical (unpaired) electrons. The number of ether oxygens (including phenoxy) is 2. The summed E-state index contributed by atoms with van der Waals surface area (Å²) in [4.78, 5) is 16.7. The van der Waals surface area contributed by atoms with E-state index in [9.17, 15) is 36.4 Å². The van der Waals surface area contributed by atoms with Gasteiger partial charge >= 0.3 is 12.4 Å². The second kappa shape index (κ2) is 11.1. The Hall–Kier alpha value is -3.75. The van der Waals surface area contributed by atoms with Crippen LogP contribution in [0.5, 0.6) is 11.6 Å². The van der Waals surface area contributed by atoms with Crippen LogP contribution in [-0.4, -0.2) is 37.0 Å². The molecule has 37 heavy (non-hydrogen) atoms. The van der Waals surface area contributed by atoms with Gasteiger partial charge in [-0.05, 0) is 54.2 Å². The molecule has 1 atom stereocenters. The van der Waals surface area contributed by atoms with E-state index < -0.39 is 42.2 Å². The van der Waals surface area contributed by atoms with Gasteiger partial charge in [-0.1, -0.05) is 12.1 Å². The van der Waals surface area contributed by atoms with Crippen LogP contribution in [0.15, 0.2) is 48.2 Å². The summed E-state index contributed by atoms with van der Waals surface area (Å²) < 4.78 is 90.6. The molecule has 2 heterocycles. The number of carbonyl (C=O) groups excluding carboxylic acids is 1. The van der Waals surface area contributed by atoms with Gasteiger partial charge in [0.25, 0.3) is 5.91 Å². The summed E-state index contributed by atoms with van der Waals surface area (Å²) in [6.45, 7) is 0.0985. The van der Waals surface area contributed by atoms with Gasteiger partial charge in [-0.25, -0.2) is 4.98 Å². The minimum atomic E-state index is -4.93. The molecule has 1 amide bonds. The molecule has 0 bridgehead atoms. The lowest BCUT2D eigenvalue weighted by Crippen LogP contribution is -2.58. The minimum absolute atomic E-state index is 0.0378. The molecule has 12 heteroatoms. The third-order valence-corrected chi connectivity index (χ3v) is 5.91. The molecule has 1 aliphatic heterocycles. The summed E-state index contributed by atoms with van der Waals surface area (Å²) in [7, 11) is 1.37. The average Bonchev–Trinajstić information content (AvgIpc) is 2.84. The van der Waals surface area contributed by atoms with E-state index in [4.69, 9.17) is 9.47 Å². The normalized spacial score (nSPS) is 18.3. The number of nitrogens with one attached hydrogen (secondary N) is 1. The van der Waals surface area contributed by atoms with Crippen molar-refractivity contribution in [1.82, 2.24) is 10.3 Å². The summed E-state index contributed by atoms with van der Waals surface area (Å²) in [5.74, 6) is -0.732. The van der Waals surface area contributed by atoms with Crippen molar-refractivity contribution in [1.29, 1.82) is 5.26 Å². The van der Waals surface area contributed by atoms with Gasteiger partial charge in [0.05, 0.1) is 13.7 Å². The first-order chi connectivity index (χ1) is 17.4. The maximum absolute atomic E-state index is 14.5. The Morgan fingerprint density at radius 3 is 2.30 bits per heavy atom. The number of nitriles is 1. The third-order valence-electron chi connectivity index (χ3n) is 5.91. The predicted molar refractivity (Wildman–Crippen MR) is 120 cm³/mol. The van der Waals surface area contributed by atoms with Crippen LogP contribution in [0, 0.1) is 11.3 Å². The van der Waals surface area contributed by atoms with Gasteiger partial charge in [0, 0.05) is 25.1 Å². The Morgan fingerprint density at radius 1 is 1.05 bits per heavy atom. The Bertz CT molecular complexity index is 1170. The van der Waals surface area contributed by atoms with Crippen molar-refractivity contribution < 1.29 is 40.6 Å². The summed E-state index contributed by atoms with van der Waals surface area (Å²) in [6.07, 6.45) is -8.95. The SMILES string of the molecule is COc1ccc(C2=C(C#N)C(=O)NC(c3ccc(OCCCCCC(F)(F)F)cc3)(C(F)(F)F)C2)cn1. The number of carbonyl (C=O) groups is 1. The van der Waals surface area contributed by atoms with E-state index >= 15 is 0 Å².